The predicted molar refractivity (Wildman–Crippen MR) is 129 cm³/mol. The first-order chi connectivity index (χ1) is 17.5. The smallest absolute Gasteiger partial charge is 0.253 e. The van der Waals surface area contributed by atoms with Crippen LogP contribution in [0.25, 0.3) is 5.69 Å². The van der Waals surface area contributed by atoms with Crippen LogP contribution >= 0.6 is 0 Å². The van der Waals surface area contributed by atoms with Gasteiger partial charge in [-0.3, -0.25) is 9.59 Å². The number of hydrogen-bond acceptors (Lipinski definition) is 7. The average Bonchev–Trinajstić information content (AvgIpc) is 3.53. The molecule has 1 saturated heterocycles. The Hall–Kier alpha value is -4.54. The molecule has 4 aromatic rings. The Morgan fingerprint density at radius 2 is 1.83 bits per heavy atom. The number of carbonyl (C=O) groups excluding carboxylic acids is 2. The van der Waals surface area contributed by atoms with Crippen LogP contribution < -0.4 is 10.2 Å². The fourth-order valence-corrected chi connectivity index (χ4v) is 4.14. The third kappa shape index (κ3) is 5.09. The zero-order chi connectivity index (χ0) is 25.1. The molecule has 1 N–H and O–H groups in total. The molecule has 10 nitrogen and oxygen atoms in total. The first-order valence-corrected chi connectivity index (χ1v) is 11.5. The highest BCUT2D eigenvalue weighted by atomic mass is 19.1. The number of halogens is 1. The second kappa shape index (κ2) is 9.98. The summed E-state index contributed by atoms with van der Waals surface area (Å²) in [4.78, 5) is 29.1. The zero-order valence-corrected chi connectivity index (χ0v) is 19.6. The van der Waals surface area contributed by atoms with Crippen molar-refractivity contribution in [2.75, 3.05) is 36.4 Å². The van der Waals surface area contributed by atoms with Crippen molar-refractivity contribution in [2.24, 2.45) is 0 Å². The molecule has 0 radical (unpaired) electrons. The molecule has 1 aliphatic heterocycles. The third-order valence-corrected chi connectivity index (χ3v) is 5.99. The number of aromatic nitrogens is 4. The van der Waals surface area contributed by atoms with Crippen LogP contribution in [0.1, 0.15) is 21.6 Å². The molecular weight excluding hydrogens is 465 g/mol. The number of piperazine rings is 1. The van der Waals surface area contributed by atoms with E-state index in [0.717, 1.165) is 17.2 Å². The quantitative estimate of drug-likeness (QED) is 0.444. The van der Waals surface area contributed by atoms with Crippen molar-refractivity contribution < 1.29 is 18.6 Å². The van der Waals surface area contributed by atoms with Crippen molar-refractivity contribution in [1.29, 1.82) is 0 Å². The predicted octanol–water partition coefficient (Wildman–Crippen LogP) is 2.85. The second-order valence-corrected chi connectivity index (χ2v) is 8.53. The maximum Gasteiger partial charge on any atom is 0.253 e. The Bertz CT molecular complexity index is 1370. The van der Waals surface area contributed by atoms with E-state index in [4.69, 9.17) is 4.63 Å². The Labute approximate surface area is 206 Å². The molecule has 11 heteroatoms. The minimum atomic E-state index is -0.378. The van der Waals surface area contributed by atoms with Gasteiger partial charge < -0.3 is 15.1 Å². The summed E-state index contributed by atoms with van der Waals surface area (Å²) in [7, 11) is 0. The van der Waals surface area contributed by atoms with E-state index < -0.39 is 0 Å². The van der Waals surface area contributed by atoms with Crippen molar-refractivity contribution >= 4 is 23.3 Å². The largest absolute Gasteiger partial charge is 0.349 e. The molecular formula is C25H24FN7O3. The Morgan fingerprint density at radius 3 is 2.53 bits per heavy atom. The molecule has 0 spiro atoms. The van der Waals surface area contributed by atoms with Crippen molar-refractivity contribution in [3.05, 3.63) is 83.6 Å². The van der Waals surface area contributed by atoms with Crippen LogP contribution in [0, 0.1) is 12.7 Å². The number of benzene rings is 2. The first-order valence-electron chi connectivity index (χ1n) is 11.5. The van der Waals surface area contributed by atoms with E-state index >= 15 is 0 Å². The van der Waals surface area contributed by atoms with Crippen LogP contribution in [-0.2, 0) is 11.2 Å². The Balaban J connectivity index is 1.17. The van der Waals surface area contributed by atoms with Crippen molar-refractivity contribution in [3.8, 4) is 5.69 Å². The summed E-state index contributed by atoms with van der Waals surface area (Å²) in [5.74, 6) is 0.0322. The standard InChI is InChI=1S/C25H24FN7O3/c1-17-24(30-36-29-17)31-9-11-32(12-10-31)25(35)19-5-7-22(8-6-19)33-16-21(15-27-33)28-23(34)14-18-3-2-4-20(26)13-18/h2-8,13,15-16H,9-12,14H2,1H3,(H,28,34). The van der Waals surface area contributed by atoms with Crippen molar-refractivity contribution in [1.82, 2.24) is 25.0 Å². The number of aryl methyl sites for hydroxylation is 1. The van der Waals surface area contributed by atoms with E-state index in [2.05, 4.69) is 25.6 Å². The minimum absolute atomic E-state index is 0.0398. The Morgan fingerprint density at radius 1 is 1.06 bits per heavy atom. The topological polar surface area (TPSA) is 109 Å². The van der Waals surface area contributed by atoms with Crippen LogP contribution in [0.5, 0.6) is 0 Å². The fraction of sp³-hybridized carbons (Fsp3) is 0.240. The molecule has 36 heavy (non-hydrogen) atoms. The molecule has 0 atom stereocenters. The molecule has 184 valence electrons. The summed E-state index contributed by atoms with van der Waals surface area (Å²) < 4.78 is 19.7. The highest BCUT2D eigenvalue weighted by Crippen LogP contribution is 2.19. The van der Waals surface area contributed by atoms with Crippen LogP contribution in [0.15, 0.2) is 65.6 Å². The number of carbonyl (C=O) groups is 2. The lowest BCUT2D eigenvalue weighted by Crippen LogP contribution is -2.49. The summed E-state index contributed by atoms with van der Waals surface area (Å²) in [5, 5.41) is 14.8. The van der Waals surface area contributed by atoms with E-state index in [1.54, 1.807) is 47.3 Å². The molecule has 0 aliphatic carbocycles. The number of amides is 2. The van der Waals surface area contributed by atoms with Gasteiger partial charge in [-0.2, -0.15) is 5.10 Å². The van der Waals surface area contributed by atoms with E-state index in [0.29, 0.717) is 43.0 Å². The van der Waals surface area contributed by atoms with Gasteiger partial charge in [0.15, 0.2) is 5.82 Å². The van der Waals surface area contributed by atoms with Gasteiger partial charge in [0.2, 0.25) is 5.91 Å². The summed E-state index contributed by atoms with van der Waals surface area (Å²) in [5.41, 5.74) is 3.18. The highest BCUT2D eigenvalue weighted by molar-refractivity contribution is 5.94. The molecule has 2 amide bonds. The van der Waals surface area contributed by atoms with Crippen LogP contribution in [-0.4, -0.2) is 63.0 Å². The van der Waals surface area contributed by atoms with Gasteiger partial charge in [-0.25, -0.2) is 13.7 Å². The normalized spacial score (nSPS) is 13.6. The van der Waals surface area contributed by atoms with Gasteiger partial charge in [0, 0.05) is 31.7 Å². The zero-order valence-electron chi connectivity index (χ0n) is 19.6. The second-order valence-electron chi connectivity index (χ2n) is 8.53. The van der Waals surface area contributed by atoms with Crippen LogP contribution in [0.3, 0.4) is 0 Å². The van der Waals surface area contributed by atoms with Crippen molar-refractivity contribution in [2.45, 2.75) is 13.3 Å². The molecule has 2 aromatic carbocycles. The molecule has 0 bridgehead atoms. The van der Waals surface area contributed by atoms with Gasteiger partial charge in [-0.15, -0.1) is 0 Å². The first kappa shape index (κ1) is 23.2. The molecule has 3 heterocycles. The summed E-state index contributed by atoms with van der Waals surface area (Å²) >= 11 is 0. The SMILES string of the molecule is Cc1nonc1N1CCN(C(=O)c2ccc(-n3cc(NC(=O)Cc4cccc(F)c4)cn3)cc2)CC1. The van der Waals surface area contributed by atoms with E-state index in [1.165, 1.54) is 18.3 Å². The average molecular weight is 490 g/mol. The van der Waals surface area contributed by atoms with Gasteiger partial charge in [0.25, 0.3) is 5.91 Å². The lowest BCUT2D eigenvalue weighted by atomic mass is 10.1. The van der Waals surface area contributed by atoms with E-state index in [-0.39, 0.29) is 24.1 Å². The molecule has 1 aliphatic rings. The van der Waals surface area contributed by atoms with Crippen LogP contribution in [0.4, 0.5) is 15.9 Å². The number of nitrogens with one attached hydrogen (secondary N) is 1. The Kier molecular flexibility index (Phi) is 6.44. The maximum atomic E-state index is 13.3. The summed E-state index contributed by atoms with van der Waals surface area (Å²) in [6.07, 6.45) is 3.28. The number of rotatable bonds is 6. The fourth-order valence-electron chi connectivity index (χ4n) is 4.14. The number of anilines is 2. The van der Waals surface area contributed by atoms with E-state index in [1.807, 2.05) is 11.8 Å². The van der Waals surface area contributed by atoms with Gasteiger partial charge in [0.05, 0.1) is 30.2 Å². The van der Waals surface area contributed by atoms with Crippen LogP contribution in [0.2, 0.25) is 0 Å². The number of nitrogens with zero attached hydrogens (tertiary/aromatic N) is 6. The van der Waals surface area contributed by atoms with Gasteiger partial charge in [0.1, 0.15) is 11.5 Å². The molecule has 1 fully saturated rings. The maximum absolute atomic E-state index is 13.3. The highest BCUT2D eigenvalue weighted by Gasteiger charge is 2.25. The monoisotopic (exact) mass is 489 g/mol. The van der Waals surface area contributed by atoms with Gasteiger partial charge in [-0.05, 0) is 54.0 Å². The third-order valence-electron chi connectivity index (χ3n) is 5.99. The lowest BCUT2D eigenvalue weighted by Gasteiger charge is -2.34. The lowest BCUT2D eigenvalue weighted by molar-refractivity contribution is -0.115. The van der Waals surface area contributed by atoms with Gasteiger partial charge in [-0.1, -0.05) is 17.3 Å². The van der Waals surface area contributed by atoms with Gasteiger partial charge >= 0.3 is 0 Å². The summed E-state index contributed by atoms with van der Waals surface area (Å²) in [6, 6.07) is 13.1. The molecule has 2 aromatic heterocycles. The minimum Gasteiger partial charge on any atom is -0.349 e. The van der Waals surface area contributed by atoms with E-state index in [9.17, 15) is 14.0 Å². The molecule has 0 unspecified atom stereocenters. The summed E-state index contributed by atoms with van der Waals surface area (Å²) in [6.45, 7) is 4.30. The van der Waals surface area contributed by atoms with Crippen molar-refractivity contribution in [3.63, 3.8) is 0 Å². The molecule has 0 saturated carbocycles. The number of hydrogen-bond donors (Lipinski definition) is 1. The molecule has 5 rings (SSSR count).